The minimum absolute atomic E-state index is 0.123. The van der Waals surface area contributed by atoms with Crippen LogP contribution in [-0.4, -0.2) is 15.9 Å². The number of hydrogen-bond donors (Lipinski definition) is 1. The SMILES string of the molecule is Cc1ccc(N=Cc2c(O)n(-c3ccccc3)c(=O)c3ccccc23)cc1C. The number of hydrogen-bond acceptors (Lipinski definition) is 3. The lowest BCUT2D eigenvalue weighted by molar-refractivity contribution is 0.436. The van der Waals surface area contributed by atoms with E-state index in [-0.39, 0.29) is 11.4 Å². The molecular weight excluding hydrogens is 348 g/mol. The fourth-order valence-corrected chi connectivity index (χ4v) is 3.25. The topological polar surface area (TPSA) is 54.6 Å². The van der Waals surface area contributed by atoms with Gasteiger partial charge in [0, 0.05) is 17.0 Å². The highest BCUT2D eigenvalue weighted by molar-refractivity contribution is 6.02. The van der Waals surface area contributed by atoms with E-state index in [1.807, 2.05) is 61.5 Å². The van der Waals surface area contributed by atoms with E-state index in [4.69, 9.17) is 0 Å². The molecule has 0 unspecified atom stereocenters. The molecule has 0 bridgehead atoms. The molecule has 3 aromatic carbocycles. The van der Waals surface area contributed by atoms with Crippen LogP contribution in [0.3, 0.4) is 0 Å². The van der Waals surface area contributed by atoms with Crippen LogP contribution in [0.5, 0.6) is 5.88 Å². The highest BCUT2D eigenvalue weighted by Crippen LogP contribution is 2.26. The molecule has 0 saturated carbocycles. The van der Waals surface area contributed by atoms with Crippen LogP contribution in [0.2, 0.25) is 0 Å². The van der Waals surface area contributed by atoms with E-state index in [2.05, 4.69) is 11.9 Å². The van der Waals surface area contributed by atoms with Crippen LogP contribution < -0.4 is 5.56 Å². The number of para-hydroxylation sites is 1. The smallest absolute Gasteiger partial charge is 0.265 e. The Hall–Kier alpha value is -3.66. The van der Waals surface area contributed by atoms with Gasteiger partial charge in [-0.25, -0.2) is 4.57 Å². The van der Waals surface area contributed by atoms with Gasteiger partial charge in [0.2, 0.25) is 5.88 Å². The minimum Gasteiger partial charge on any atom is -0.494 e. The molecule has 0 aliphatic carbocycles. The molecule has 4 rings (SSSR count). The molecule has 1 N–H and O–H groups in total. The number of nitrogens with zero attached hydrogens (tertiary/aromatic N) is 2. The number of aliphatic imine (C=N–C) groups is 1. The van der Waals surface area contributed by atoms with Gasteiger partial charge in [-0.05, 0) is 55.3 Å². The normalized spacial score (nSPS) is 11.4. The van der Waals surface area contributed by atoms with Gasteiger partial charge < -0.3 is 5.11 Å². The first-order valence-corrected chi connectivity index (χ1v) is 9.10. The van der Waals surface area contributed by atoms with Crippen molar-refractivity contribution in [1.29, 1.82) is 0 Å². The minimum atomic E-state index is -0.261. The summed E-state index contributed by atoms with van der Waals surface area (Å²) in [5.74, 6) is -0.123. The fraction of sp³-hybridized carbons (Fsp3) is 0.0833. The van der Waals surface area contributed by atoms with Gasteiger partial charge in [0.15, 0.2) is 0 Å². The molecule has 0 atom stereocenters. The maximum absolute atomic E-state index is 13.0. The molecule has 0 spiro atoms. The fourth-order valence-electron chi connectivity index (χ4n) is 3.25. The predicted octanol–water partition coefficient (Wildman–Crippen LogP) is 5.06. The van der Waals surface area contributed by atoms with Crippen molar-refractivity contribution in [2.45, 2.75) is 13.8 Å². The van der Waals surface area contributed by atoms with Gasteiger partial charge in [-0.15, -0.1) is 0 Å². The first-order valence-electron chi connectivity index (χ1n) is 9.10. The standard InChI is InChI=1S/C24H20N2O2/c1-16-12-13-18(14-17(16)2)25-15-22-20-10-6-7-11-21(20)23(27)26(24(22)28)19-8-4-3-5-9-19/h3-15,28H,1-2H3. The molecule has 4 heteroatoms. The van der Waals surface area contributed by atoms with Crippen molar-refractivity contribution >= 4 is 22.7 Å². The maximum atomic E-state index is 13.0. The Labute approximate surface area is 163 Å². The van der Waals surface area contributed by atoms with Crippen LogP contribution in [0.25, 0.3) is 16.5 Å². The molecule has 0 aliphatic rings. The van der Waals surface area contributed by atoms with E-state index in [9.17, 15) is 9.90 Å². The average Bonchev–Trinajstić information content (AvgIpc) is 2.71. The highest BCUT2D eigenvalue weighted by Gasteiger charge is 2.16. The van der Waals surface area contributed by atoms with Crippen molar-refractivity contribution in [3.63, 3.8) is 0 Å². The lowest BCUT2D eigenvalue weighted by Crippen LogP contribution is -2.20. The molecule has 138 valence electrons. The van der Waals surface area contributed by atoms with Gasteiger partial charge in [-0.3, -0.25) is 9.79 Å². The summed E-state index contributed by atoms with van der Waals surface area (Å²) in [5.41, 5.74) is 4.00. The molecular formula is C24H20N2O2. The highest BCUT2D eigenvalue weighted by atomic mass is 16.3. The van der Waals surface area contributed by atoms with Crippen molar-refractivity contribution < 1.29 is 5.11 Å². The Morgan fingerprint density at radius 1 is 0.857 bits per heavy atom. The summed E-state index contributed by atoms with van der Waals surface area (Å²) >= 11 is 0. The van der Waals surface area contributed by atoms with E-state index in [0.29, 0.717) is 22.0 Å². The molecule has 0 fully saturated rings. The summed E-state index contributed by atoms with van der Waals surface area (Å²) in [7, 11) is 0. The molecule has 0 saturated heterocycles. The second-order valence-electron chi connectivity index (χ2n) is 6.79. The molecule has 4 nitrogen and oxygen atoms in total. The molecule has 1 aromatic heterocycles. The Morgan fingerprint density at radius 2 is 1.54 bits per heavy atom. The van der Waals surface area contributed by atoms with Crippen molar-refractivity contribution in [1.82, 2.24) is 4.57 Å². The molecule has 28 heavy (non-hydrogen) atoms. The number of aromatic nitrogens is 1. The van der Waals surface area contributed by atoms with Crippen LogP contribution in [0.4, 0.5) is 5.69 Å². The van der Waals surface area contributed by atoms with Gasteiger partial charge in [0.1, 0.15) is 0 Å². The average molecular weight is 368 g/mol. The predicted molar refractivity (Wildman–Crippen MR) is 114 cm³/mol. The van der Waals surface area contributed by atoms with E-state index < -0.39 is 0 Å². The van der Waals surface area contributed by atoms with Crippen LogP contribution in [-0.2, 0) is 0 Å². The largest absolute Gasteiger partial charge is 0.494 e. The summed E-state index contributed by atoms with van der Waals surface area (Å²) in [4.78, 5) is 17.6. The van der Waals surface area contributed by atoms with Crippen LogP contribution in [0, 0.1) is 13.8 Å². The number of pyridine rings is 1. The number of aromatic hydroxyl groups is 1. The summed E-state index contributed by atoms with van der Waals surface area (Å²) < 4.78 is 1.32. The maximum Gasteiger partial charge on any atom is 0.265 e. The molecule has 4 aromatic rings. The number of fused-ring (bicyclic) bond motifs is 1. The monoisotopic (exact) mass is 368 g/mol. The van der Waals surface area contributed by atoms with Gasteiger partial charge in [-0.1, -0.05) is 42.5 Å². The van der Waals surface area contributed by atoms with E-state index >= 15 is 0 Å². The quantitative estimate of drug-likeness (QED) is 0.514. The molecule has 0 amide bonds. The summed E-state index contributed by atoms with van der Waals surface area (Å²) in [6.45, 7) is 4.09. The van der Waals surface area contributed by atoms with Gasteiger partial charge in [0.25, 0.3) is 5.56 Å². The Bertz CT molecular complexity index is 1260. The van der Waals surface area contributed by atoms with Crippen molar-refractivity contribution in [2.75, 3.05) is 0 Å². The number of benzene rings is 3. The third-order valence-electron chi connectivity index (χ3n) is 4.95. The van der Waals surface area contributed by atoms with Crippen LogP contribution in [0.15, 0.2) is 82.6 Å². The Balaban J connectivity index is 1.96. The number of aryl methyl sites for hydroxylation is 2. The Morgan fingerprint density at radius 3 is 2.25 bits per heavy atom. The zero-order chi connectivity index (χ0) is 19.7. The lowest BCUT2D eigenvalue weighted by atomic mass is 10.1. The zero-order valence-electron chi connectivity index (χ0n) is 15.8. The third-order valence-corrected chi connectivity index (χ3v) is 4.95. The van der Waals surface area contributed by atoms with Gasteiger partial charge in [-0.2, -0.15) is 0 Å². The van der Waals surface area contributed by atoms with Gasteiger partial charge >= 0.3 is 0 Å². The zero-order valence-corrected chi connectivity index (χ0v) is 15.8. The van der Waals surface area contributed by atoms with Crippen molar-refractivity contribution in [2.24, 2.45) is 4.99 Å². The van der Waals surface area contributed by atoms with Gasteiger partial charge in [0.05, 0.1) is 16.9 Å². The second kappa shape index (κ2) is 7.16. The summed E-state index contributed by atoms with van der Waals surface area (Å²) in [6.07, 6.45) is 1.63. The number of rotatable bonds is 3. The summed E-state index contributed by atoms with van der Waals surface area (Å²) in [6, 6.07) is 22.3. The first-order chi connectivity index (χ1) is 13.6. The Kier molecular flexibility index (Phi) is 4.53. The first kappa shape index (κ1) is 17.7. The van der Waals surface area contributed by atoms with E-state index in [0.717, 1.165) is 11.3 Å². The summed E-state index contributed by atoms with van der Waals surface area (Å²) in [5, 5.41) is 12.2. The van der Waals surface area contributed by atoms with Crippen LogP contribution >= 0.6 is 0 Å². The second-order valence-corrected chi connectivity index (χ2v) is 6.79. The van der Waals surface area contributed by atoms with Crippen molar-refractivity contribution in [3.05, 3.63) is 99.8 Å². The molecule has 0 aliphatic heterocycles. The van der Waals surface area contributed by atoms with E-state index in [1.165, 1.54) is 10.1 Å². The molecule has 1 heterocycles. The molecule has 0 radical (unpaired) electrons. The van der Waals surface area contributed by atoms with Crippen LogP contribution in [0.1, 0.15) is 16.7 Å². The van der Waals surface area contributed by atoms with E-state index in [1.54, 1.807) is 24.4 Å². The third kappa shape index (κ3) is 3.09. The van der Waals surface area contributed by atoms with Crippen molar-refractivity contribution in [3.8, 4) is 11.6 Å². The lowest BCUT2D eigenvalue weighted by Gasteiger charge is -2.13.